The van der Waals surface area contributed by atoms with Gasteiger partial charge in [-0.2, -0.15) is 0 Å². The Labute approximate surface area is 102 Å². The number of rotatable bonds is 8. The molecule has 1 rings (SSSR count). The van der Waals surface area contributed by atoms with E-state index in [1.807, 2.05) is 0 Å². The Morgan fingerprint density at radius 2 is 1.94 bits per heavy atom. The average molecular weight is 225 g/mol. The summed E-state index contributed by atoms with van der Waals surface area (Å²) in [5.74, 6) is 0. The van der Waals surface area contributed by atoms with E-state index in [1.54, 1.807) is 0 Å². The SMILES string of the molecule is CCCCCCC1(C)CCC(NCCC)C1. The summed E-state index contributed by atoms with van der Waals surface area (Å²) >= 11 is 0. The van der Waals surface area contributed by atoms with Crippen LogP contribution in [-0.2, 0) is 0 Å². The second-order valence-electron chi connectivity index (χ2n) is 6.02. The standard InChI is InChI=1S/C15H31N/c1-4-6-7-8-10-15(3)11-9-14(13-15)16-12-5-2/h14,16H,4-13H2,1-3H3. The monoisotopic (exact) mass is 225 g/mol. The van der Waals surface area contributed by atoms with Crippen LogP contribution in [0, 0.1) is 5.41 Å². The van der Waals surface area contributed by atoms with Crippen LogP contribution < -0.4 is 5.32 Å². The summed E-state index contributed by atoms with van der Waals surface area (Å²) in [6.07, 6.45) is 12.7. The van der Waals surface area contributed by atoms with Crippen molar-refractivity contribution in [2.75, 3.05) is 6.54 Å². The zero-order valence-electron chi connectivity index (χ0n) is 11.6. The highest BCUT2D eigenvalue weighted by Crippen LogP contribution is 2.41. The third kappa shape index (κ3) is 4.86. The van der Waals surface area contributed by atoms with E-state index in [1.165, 1.54) is 64.3 Å². The van der Waals surface area contributed by atoms with Crippen LogP contribution in [0.15, 0.2) is 0 Å². The molecule has 0 aromatic heterocycles. The third-order valence-electron chi connectivity index (χ3n) is 4.15. The van der Waals surface area contributed by atoms with Crippen molar-refractivity contribution in [3.63, 3.8) is 0 Å². The molecule has 0 heterocycles. The summed E-state index contributed by atoms with van der Waals surface area (Å²) in [7, 11) is 0. The van der Waals surface area contributed by atoms with E-state index in [-0.39, 0.29) is 0 Å². The van der Waals surface area contributed by atoms with Gasteiger partial charge in [0.1, 0.15) is 0 Å². The highest BCUT2D eigenvalue weighted by Gasteiger charge is 2.33. The summed E-state index contributed by atoms with van der Waals surface area (Å²) in [5.41, 5.74) is 0.652. The quantitative estimate of drug-likeness (QED) is 0.599. The molecule has 16 heavy (non-hydrogen) atoms. The van der Waals surface area contributed by atoms with Crippen molar-refractivity contribution >= 4 is 0 Å². The maximum absolute atomic E-state index is 3.69. The highest BCUT2D eigenvalue weighted by atomic mass is 14.9. The molecule has 1 nitrogen and oxygen atoms in total. The second-order valence-corrected chi connectivity index (χ2v) is 6.02. The lowest BCUT2D eigenvalue weighted by molar-refractivity contribution is 0.285. The molecule has 0 aromatic rings. The Kier molecular flexibility index (Phi) is 6.41. The second kappa shape index (κ2) is 7.32. The van der Waals surface area contributed by atoms with Crippen LogP contribution in [-0.4, -0.2) is 12.6 Å². The van der Waals surface area contributed by atoms with E-state index in [4.69, 9.17) is 0 Å². The molecular weight excluding hydrogens is 194 g/mol. The Balaban J connectivity index is 2.15. The molecule has 2 unspecified atom stereocenters. The summed E-state index contributed by atoms with van der Waals surface area (Å²) in [4.78, 5) is 0. The molecule has 0 radical (unpaired) electrons. The van der Waals surface area contributed by atoms with E-state index < -0.39 is 0 Å². The number of unbranched alkanes of at least 4 members (excludes halogenated alkanes) is 3. The molecule has 0 aliphatic heterocycles. The fourth-order valence-electron chi connectivity index (χ4n) is 3.05. The molecule has 2 atom stereocenters. The predicted octanol–water partition coefficient (Wildman–Crippen LogP) is 4.52. The lowest BCUT2D eigenvalue weighted by atomic mass is 9.83. The van der Waals surface area contributed by atoms with Gasteiger partial charge < -0.3 is 5.32 Å². The van der Waals surface area contributed by atoms with E-state index in [9.17, 15) is 0 Å². The summed E-state index contributed by atoms with van der Waals surface area (Å²) in [6.45, 7) is 8.26. The minimum absolute atomic E-state index is 0.652. The van der Waals surface area contributed by atoms with Gasteiger partial charge in [-0.1, -0.05) is 46.5 Å². The number of hydrogen-bond donors (Lipinski definition) is 1. The number of nitrogens with one attached hydrogen (secondary N) is 1. The van der Waals surface area contributed by atoms with Crippen molar-refractivity contribution in [3.05, 3.63) is 0 Å². The molecule has 96 valence electrons. The van der Waals surface area contributed by atoms with Gasteiger partial charge in [0.05, 0.1) is 0 Å². The molecule has 1 N–H and O–H groups in total. The van der Waals surface area contributed by atoms with Gasteiger partial charge in [0.2, 0.25) is 0 Å². The first kappa shape index (κ1) is 14.0. The average Bonchev–Trinajstić information content (AvgIpc) is 2.64. The molecule has 1 heteroatoms. The zero-order valence-corrected chi connectivity index (χ0v) is 11.6. The van der Waals surface area contributed by atoms with Crippen molar-refractivity contribution in [2.45, 2.75) is 84.6 Å². The van der Waals surface area contributed by atoms with Crippen molar-refractivity contribution in [2.24, 2.45) is 5.41 Å². The Morgan fingerprint density at radius 1 is 1.12 bits per heavy atom. The molecule has 1 fully saturated rings. The van der Waals surface area contributed by atoms with Gasteiger partial charge in [-0.15, -0.1) is 0 Å². The fourth-order valence-corrected chi connectivity index (χ4v) is 3.05. The van der Waals surface area contributed by atoms with Gasteiger partial charge in [-0.25, -0.2) is 0 Å². The van der Waals surface area contributed by atoms with E-state index in [0.717, 1.165) is 6.04 Å². The summed E-state index contributed by atoms with van der Waals surface area (Å²) < 4.78 is 0. The van der Waals surface area contributed by atoms with Crippen LogP contribution in [0.3, 0.4) is 0 Å². The van der Waals surface area contributed by atoms with Crippen molar-refractivity contribution in [3.8, 4) is 0 Å². The zero-order chi connectivity index (χ0) is 11.9. The normalized spacial score (nSPS) is 29.8. The smallest absolute Gasteiger partial charge is 0.00724 e. The predicted molar refractivity (Wildman–Crippen MR) is 72.8 cm³/mol. The third-order valence-corrected chi connectivity index (χ3v) is 4.15. The summed E-state index contributed by atoms with van der Waals surface area (Å²) in [5, 5.41) is 3.69. The van der Waals surface area contributed by atoms with Gasteiger partial charge in [0, 0.05) is 6.04 Å². The maximum atomic E-state index is 3.69. The van der Waals surface area contributed by atoms with E-state index >= 15 is 0 Å². The van der Waals surface area contributed by atoms with Crippen molar-refractivity contribution < 1.29 is 0 Å². The minimum Gasteiger partial charge on any atom is -0.314 e. The topological polar surface area (TPSA) is 12.0 Å². The largest absolute Gasteiger partial charge is 0.314 e. The van der Waals surface area contributed by atoms with Crippen LogP contribution in [0.25, 0.3) is 0 Å². The molecule has 0 spiro atoms. The minimum atomic E-state index is 0.652. The molecule has 1 aliphatic carbocycles. The van der Waals surface area contributed by atoms with Crippen LogP contribution in [0.2, 0.25) is 0 Å². The first-order valence-electron chi connectivity index (χ1n) is 7.43. The number of hydrogen-bond acceptors (Lipinski definition) is 1. The van der Waals surface area contributed by atoms with Crippen LogP contribution in [0.4, 0.5) is 0 Å². The Hall–Kier alpha value is -0.0400. The van der Waals surface area contributed by atoms with Gasteiger partial charge in [-0.3, -0.25) is 0 Å². The molecule has 1 saturated carbocycles. The molecule has 0 bridgehead atoms. The van der Waals surface area contributed by atoms with Gasteiger partial charge in [0.15, 0.2) is 0 Å². The molecular formula is C15H31N. The molecule has 0 aromatic carbocycles. The van der Waals surface area contributed by atoms with Gasteiger partial charge in [-0.05, 0) is 44.1 Å². The molecule has 0 saturated heterocycles. The van der Waals surface area contributed by atoms with Gasteiger partial charge >= 0.3 is 0 Å². The summed E-state index contributed by atoms with van der Waals surface area (Å²) in [6, 6.07) is 0.816. The van der Waals surface area contributed by atoms with Crippen LogP contribution in [0.1, 0.15) is 78.6 Å². The lowest BCUT2D eigenvalue weighted by Gasteiger charge is -2.24. The Morgan fingerprint density at radius 3 is 2.62 bits per heavy atom. The van der Waals surface area contributed by atoms with Crippen LogP contribution >= 0.6 is 0 Å². The molecule has 1 aliphatic rings. The lowest BCUT2D eigenvalue weighted by Crippen LogP contribution is -2.28. The van der Waals surface area contributed by atoms with Crippen molar-refractivity contribution in [1.82, 2.24) is 5.32 Å². The first-order valence-corrected chi connectivity index (χ1v) is 7.43. The maximum Gasteiger partial charge on any atom is 0.00724 e. The first-order chi connectivity index (χ1) is 7.70. The van der Waals surface area contributed by atoms with Gasteiger partial charge in [0.25, 0.3) is 0 Å². The molecule has 0 amide bonds. The van der Waals surface area contributed by atoms with E-state index in [2.05, 4.69) is 26.1 Å². The van der Waals surface area contributed by atoms with Crippen LogP contribution in [0.5, 0.6) is 0 Å². The van der Waals surface area contributed by atoms with Crippen molar-refractivity contribution in [1.29, 1.82) is 0 Å². The van der Waals surface area contributed by atoms with E-state index in [0.29, 0.717) is 5.41 Å². The Bertz CT molecular complexity index is 178. The fraction of sp³-hybridized carbons (Fsp3) is 1.00. The highest BCUT2D eigenvalue weighted by molar-refractivity contribution is 4.89.